The van der Waals surface area contributed by atoms with Gasteiger partial charge in [-0.3, -0.25) is 4.79 Å². The smallest absolute Gasteiger partial charge is 0.244 e. The Labute approximate surface area is 134 Å². The van der Waals surface area contributed by atoms with Gasteiger partial charge in [0.2, 0.25) is 15.9 Å². The number of nitrogens with zero attached hydrogens (tertiary/aromatic N) is 1. The number of benzene rings is 1. The van der Waals surface area contributed by atoms with Crippen molar-refractivity contribution < 1.29 is 17.6 Å². The molecule has 1 heterocycles. The number of hydrogen-bond acceptors (Lipinski definition) is 3. The van der Waals surface area contributed by atoms with E-state index >= 15 is 0 Å². The number of piperidine rings is 1. The van der Waals surface area contributed by atoms with E-state index in [1.54, 1.807) is 6.92 Å². The van der Waals surface area contributed by atoms with Crippen LogP contribution in [0.4, 0.5) is 4.39 Å². The Morgan fingerprint density at radius 2 is 2.23 bits per heavy atom. The number of carbonyl (C=O) groups excluding carboxylic acids is 1. The summed E-state index contributed by atoms with van der Waals surface area (Å²) in [5, 5.41) is 2.78. The van der Waals surface area contributed by atoms with Gasteiger partial charge in [0.15, 0.2) is 0 Å². The van der Waals surface area contributed by atoms with Gasteiger partial charge in [0.1, 0.15) is 10.7 Å². The molecule has 22 heavy (non-hydrogen) atoms. The van der Waals surface area contributed by atoms with E-state index in [0.29, 0.717) is 25.8 Å². The molecular formula is C14H18ClFN2O3S. The molecule has 0 aromatic heterocycles. The fourth-order valence-electron chi connectivity index (χ4n) is 2.42. The van der Waals surface area contributed by atoms with E-state index in [4.69, 9.17) is 11.6 Å². The van der Waals surface area contributed by atoms with Gasteiger partial charge in [-0.15, -0.1) is 0 Å². The molecular weight excluding hydrogens is 331 g/mol. The van der Waals surface area contributed by atoms with Gasteiger partial charge in [-0.2, -0.15) is 4.31 Å². The molecule has 0 saturated carbocycles. The largest absolute Gasteiger partial charge is 0.352 e. The molecule has 2 rings (SSSR count). The maximum absolute atomic E-state index is 13.3. The standard InChI is InChI=1S/C14H18ClFN2O3S/c1-2-14(19)17-11-4-3-7-18(9-11)22(20,21)13-8-10(16)5-6-12(13)15/h5-6,8,11H,2-4,7,9H2,1H3,(H,17,19). The normalized spacial score (nSPS) is 19.9. The number of halogens is 2. The predicted octanol–water partition coefficient (Wildman–Crippen LogP) is 2.16. The van der Waals surface area contributed by atoms with Gasteiger partial charge in [0, 0.05) is 25.6 Å². The van der Waals surface area contributed by atoms with Gasteiger partial charge in [0.25, 0.3) is 0 Å². The van der Waals surface area contributed by atoms with Crippen LogP contribution in [0.15, 0.2) is 23.1 Å². The number of rotatable bonds is 4. The van der Waals surface area contributed by atoms with Crippen LogP contribution in [-0.4, -0.2) is 37.8 Å². The summed E-state index contributed by atoms with van der Waals surface area (Å²) in [6.45, 7) is 2.23. The molecule has 1 fully saturated rings. The van der Waals surface area contributed by atoms with Crippen molar-refractivity contribution in [1.82, 2.24) is 9.62 Å². The Kier molecular flexibility index (Phi) is 5.41. The number of nitrogens with one attached hydrogen (secondary N) is 1. The summed E-state index contributed by atoms with van der Waals surface area (Å²) in [7, 11) is -3.88. The van der Waals surface area contributed by atoms with E-state index in [1.807, 2.05) is 0 Å². The van der Waals surface area contributed by atoms with Crippen LogP contribution >= 0.6 is 11.6 Å². The molecule has 1 saturated heterocycles. The summed E-state index contributed by atoms with van der Waals surface area (Å²) in [4.78, 5) is 11.2. The van der Waals surface area contributed by atoms with Gasteiger partial charge in [-0.05, 0) is 31.0 Å². The first-order valence-corrected chi connectivity index (χ1v) is 8.91. The minimum atomic E-state index is -3.88. The fourth-order valence-corrected chi connectivity index (χ4v) is 4.43. The highest BCUT2D eigenvalue weighted by atomic mass is 35.5. The molecule has 1 aromatic rings. The lowest BCUT2D eigenvalue weighted by molar-refractivity contribution is -0.121. The predicted molar refractivity (Wildman–Crippen MR) is 81.6 cm³/mol. The SMILES string of the molecule is CCC(=O)NC1CCCN(S(=O)(=O)c2cc(F)ccc2Cl)C1. The lowest BCUT2D eigenvalue weighted by Crippen LogP contribution is -2.49. The van der Waals surface area contributed by atoms with E-state index < -0.39 is 15.8 Å². The first-order valence-electron chi connectivity index (χ1n) is 7.09. The Hall–Kier alpha value is -1.18. The molecule has 1 N–H and O–H groups in total. The van der Waals surface area contributed by atoms with Gasteiger partial charge >= 0.3 is 0 Å². The Balaban J connectivity index is 2.22. The molecule has 0 radical (unpaired) electrons. The molecule has 5 nitrogen and oxygen atoms in total. The summed E-state index contributed by atoms with van der Waals surface area (Å²) >= 11 is 5.90. The number of carbonyl (C=O) groups is 1. The van der Waals surface area contributed by atoms with Crippen LogP contribution in [0, 0.1) is 5.82 Å². The van der Waals surface area contributed by atoms with Crippen LogP contribution in [0.2, 0.25) is 5.02 Å². The topological polar surface area (TPSA) is 66.5 Å². The van der Waals surface area contributed by atoms with Crippen LogP contribution in [0.1, 0.15) is 26.2 Å². The van der Waals surface area contributed by atoms with Crippen molar-refractivity contribution in [2.24, 2.45) is 0 Å². The molecule has 122 valence electrons. The summed E-state index contributed by atoms with van der Waals surface area (Å²) in [6, 6.07) is 3.03. The van der Waals surface area contributed by atoms with Gasteiger partial charge < -0.3 is 5.32 Å². The third-order valence-electron chi connectivity index (χ3n) is 3.58. The van der Waals surface area contributed by atoms with E-state index in [0.717, 1.165) is 12.1 Å². The van der Waals surface area contributed by atoms with Gasteiger partial charge in [-0.25, -0.2) is 12.8 Å². The highest BCUT2D eigenvalue weighted by molar-refractivity contribution is 7.89. The fraction of sp³-hybridized carbons (Fsp3) is 0.500. The van der Waals surface area contributed by atoms with Crippen molar-refractivity contribution in [3.05, 3.63) is 29.0 Å². The molecule has 0 spiro atoms. The molecule has 1 aliphatic heterocycles. The first-order chi connectivity index (χ1) is 10.3. The van der Waals surface area contributed by atoms with Crippen LogP contribution in [0.25, 0.3) is 0 Å². The van der Waals surface area contributed by atoms with Crippen molar-refractivity contribution in [3.8, 4) is 0 Å². The van der Waals surface area contributed by atoms with E-state index in [9.17, 15) is 17.6 Å². The lowest BCUT2D eigenvalue weighted by atomic mass is 10.1. The quantitative estimate of drug-likeness (QED) is 0.906. The van der Waals surface area contributed by atoms with Crippen molar-refractivity contribution >= 4 is 27.5 Å². The molecule has 8 heteroatoms. The minimum Gasteiger partial charge on any atom is -0.352 e. The average molecular weight is 349 g/mol. The van der Waals surface area contributed by atoms with Crippen LogP contribution in [-0.2, 0) is 14.8 Å². The summed E-state index contributed by atoms with van der Waals surface area (Å²) in [5.41, 5.74) is 0. The number of amides is 1. The van der Waals surface area contributed by atoms with E-state index in [-0.39, 0.29) is 28.4 Å². The van der Waals surface area contributed by atoms with Crippen molar-refractivity contribution in [2.75, 3.05) is 13.1 Å². The Morgan fingerprint density at radius 3 is 2.91 bits per heavy atom. The van der Waals surface area contributed by atoms with Gasteiger partial charge in [0.05, 0.1) is 5.02 Å². The molecule has 1 unspecified atom stereocenters. The molecule has 0 aliphatic carbocycles. The third kappa shape index (κ3) is 3.77. The maximum Gasteiger partial charge on any atom is 0.244 e. The second-order valence-corrected chi connectivity index (χ2v) is 7.51. The van der Waals surface area contributed by atoms with Crippen LogP contribution in [0.3, 0.4) is 0 Å². The van der Waals surface area contributed by atoms with Crippen molar-refractivity contribution in [2.45, 2.75) is 37.1 Å². The zero-order valence-electron chi connectivity index (χ0n) is 12.2. The van der Waals surface area contributed by atoms with E-state index in [1.165, 1.54) is 10.4 Å². The second kappa shape index (κ2) is 6.93. The highest BCUT2D eigenvalue weighted by Crippen LogP contribution is 2.27. The number of sulfonamides is 1. The number of hydrogen-bond donors (Lipinski definition) is 1. The molecule has 1 aliphatic rings. The van der Waals surface area contributed by atoms with Crippen LogP contribution < -0.4 is 5.32 Å². The molecule has 1 atom stereocenters. The van der Waals surface area contributed by atoms with Crippen molar-refractivity contribution in [1.29, 1.82) is 0 Å². The monoisotopic (exact) mass is 348 g/mol. The minimum absolute atomic E-state index is 0.0129. The molecule has 1 amide bonds. The Bertz CT molecular complexity index is 666. The van der Waals surface area contributed by atoms with Crippen LogP contribution in [0.5, 0.6) is 0 Å². The third-order valence-corrected chi connectivity index (χ3v) is 5.93. The molecule has 1 aromatic carbocycles. The average Bonchev–Trinajstić information content (AvgIpc) is 2.49. The zero-order valence-corrected chi connectivity index (χ0v) is 13.8. The summed E-state index contributed by atoms with van der Waals surface area (Å²) < 4.78 is 39.8. The summed E-state index contributed by atoms with van der Waals surface area (Å²) in [6.07, 6.45) is 1.69. The van der Waals surface area contributed by atoms with Crippen molar-refractivity contribution in [3.63, 3.8) is 0 Å². The second-order valence-electron chi connectivity index (χ2n) is 5.20. The zero-order chi connectivity index (χ0) is 16.3. The van der Waals surface area contributed by atoms with Gasteiger partial charge in [-0.1, -0.05) is 18.5 Å². The molecule has 0 bridgehead atoms. The Morgan fingerprint density at radius 1 is 1.50 bits per heavy atom. The van der Waals surface area contributed by atoms with E-state index in [2.05, 4.69) is 5.32 Å². The highest BCUT2D eigenvalue weighted by Gasteiger charge is 2.32. The summed E-state index contributed by atoms with van der Waals surface area (Å²) in [5.74, 6) is -0.774. The maximum atomic E-state index is 13.3. The lowest BCUT2D eigenvalue weighted by Gasteiger charge is -2.32. The first kappa shape index (κ1) is 17.2.